The number of esters is 1. The lowest BCUT2D eigenvalue weighted by molar-refractivity contribution is 0.0562. The summed E-state index contributed by atoms with van der Waals surface area (Å²) in [5.74, 6) is 0.449. The summed E-state index contributed by atoms with van der Waals surface area (Å²) in [6.45, 7) is 2.96. The summed E-state index contributed by atoms with van der Waals surface area (Å²) >= 11 is 3.43. The highest BCUT2D eigenvalue weighted by atomic mass is 79.9. The van der Waals surface area contributed by atoms with Crippen LogP contribution in [0.5, 0.6) is 0 Å². The van der Waals surface area contributed by atoms with Crippen molar-refractivity contribution in [1.29, 1.82) is 0 Å². The van der Waals surface area contributed by atoms with E-state index in [1.54, 1.807) is 6.07 Å². The van der Waals surface area contributed by atoms with E-state index < -0.39 is 5.97 Å². The highest BCUT2D eigenvalue weighted by Crippen LogP contribution is 2.25. The van der Waals surface area contributed by atoms with Gasteiger partial charge in [0.2, 0.25) is 5.76 Å². The second-order valence-corrected chi connectivity index (χ2v) is 5.55. The Balaban J connectivity index is 2.29. The molecule has 4 nitrogen and oxygen atoms in total. The number of rotatable bonds is 6. The molecule has 21 heavy (non-hydrogen) atoms. The molecule has 0 aliphatic heterocycles. The molecule has 112 valence electrons. The first-order valence-electron chi connectivity index (χ1n) is 6.82. The Labute approximate surface area is 132 Å². The number of carbonyl (C=O) groups excluding carboxylic acids is 1. The van der Waals surface area contributed by atoms with Crippen LogP contribution in [0.3, 0.4) is 0 Å². The first kappa shape index (κ1) is 15.8. The van der Waals surface area contributed by atoms with Gasteiger partial charge < -0.3 is 14.5 Å². The summed E-state index contributed by atoms with van der Waals surface area (Å²) in [5.41, 5.74) is 1.08. The van der Waals surface area contributed by atoms with E-state index in [-0.39, 0.29) is 11.8 Å². The highest BCUT2D eigenvalue weighted by Gasteiger charge is 2.19. The molecule has 0 amide bonds. The number of furan rings is 1. The summed E-state index contributed by atoms with van der Waals surface area (Å²) in [7, 11) is 1.34. The minimum Gasteiger partial charge on any atom is -0.463 e. The lowest BCUT2D eigenvalue weighted by Crippen LogP contribution is -2.22. The third kappa shape index (κ3) is 3.95. The Kier molecular flexibility index (Phi) is 5.59. The summed E-state index contributed by atoms with van der Waals surface area (Å²) < 4.78 is 11.3. The van der Waals surface area contributed by atoms with Crippen LogP contribution in [-0.4, -0.2) is 19.6 Å². The van der Waals surface area contributed by atoms with Crippen molar-refractivity contribution in [2.75, 3.05) is 13.7 Å². The highest BCUT2D eigenvalue weighted by molar-refractivity contribution is 9.10. The van der Waals surface area contributed by atoms with Gasteiger partial charge in [-0.1, -0.05) is 35.0 Å². The van der Waals surface area contributed by atoms with Gasteiger partial charge in [0, 0.05) is 4.47 Å². The van der Waals surface area contributed by atoms with Gasteiger partial charge in [-0.05, 0) is 42.8 Å². The van der Waals surface area contributed by atoms with Crippen molar-refractivity contribution < 1.29 is 13.9 Å². The third-order valence-electron chi connectivity index (χ3n) is 3.10. The SMILES string of the molecule is CCCNC(c1ccc(Br)cc1)c1ccc(C(=O)OC)o1. The number of carbonyl (C=O) groups is 1. The molecular weight excluding hydrogens is 334 g/mol. The molecule has 1 unspecified atom stereocenters. The molecule has 2 aromatic rings. The molecule has 5 heteroatoms. The number of hydrogen-bond donors (Lipinski definition) is 1. The minimum absolute atomic E-state index is 0.0866. The van der Waals surface area contributed by atoms with Crippen LogP contribution >= 0.6 is 15.9 Å². The standard InChI is InChI=1S/C16H18BrNO3/c1-3-10-18-15(11-4-6-12(17)7-5-11)13-8-9-14(21-13)16(19)20-2/h4-9,15,18H,3,10H2,1-2H3. The molecule has 1 atom stereocenters. The van der Waals surface area contributed by atoms with Crippen LogP contribution in [0.15, 0.2) is 45.3 Å². The molecule has 0 aliphatic carbocycles. The molecule has 0 saturated heterocycles. The van der Waals surface area contributed by atoms with Crippen molar-refractivity contribution in [3.63, 3.8) is 0 Å². The predicted octanol–water partition coefficient (Wildman–Crippen LogP) is 3.92. The molecule has 1 N–H and O–H groups in total. The number of halogens is 1. The first-order valence-corrected chi connectivity index (χ1v) is 7.62. The maximum absolute atomic E-state index is 11.5. The van der Waals surface area contributed by atoms with Crippen molar-refractivity contribution in [2.45, 2.75) is 19.4 Å². The summed E-state index contributed by atoms with van der Waals surface area (Å²) in [5, 5.41) is 3.43. The van der Waals surface area contributed by atoms with E-state index in [1.807, 2.05) is 30.3 Å². The Morgan fingerprint density at radius 2 is 2.00 bits per heavy atom. The van der Waals surface area contributed by atoms with Gasteiger partial charge in [0.15, 0.2) is 0 Å². The van der Waals surface area contributed by atoms with Crippen LogP contribution in [0.2, 0.25) is 0 Å². The van der Waals surface area contributed by atoms with Gasteiger partial charge in [-0.2, -0.15) is 0 Å². The second kappa shape index (κ2) is 7.43. The van der Waals surface area contributed by atoms with E-state index in [4.69, 9.17) is 4.42 Å². The molecule has 0 fully saturated rings. The Bertz CT molecular complexity index is 592. The monoisotopic (exact) mass is 351 g/mol. The average molecular weight is 352 g/mol. The fourth-order valence-electron chi connectivity index (χ4n) is 2.04. The van der Waals surface area contributed by atoms with E-state index >= 15 is 0 Å². The molecule has 1 aromatic heterocycles. The lowest BCUT2D eigenvalue weighted by atomic mass is 10.0. The molecule has 0 bridgehead atoms. The smallest absolute Gasteiger partial charge is 0.373 e. The molecule has 1 aromatic carbocycles. The molecule has 1 heterocycles. The normalized spacial score (nSPS) is 12.1. The van der Waals surface area contributed by atoms with E-state index in [1.165, 1.54) is 7.11 Å². The maximum atomic E-state index is 11.5. The number of hydrogen-bond acceptors (Lipinski definition) is 4. The van der Waals surface area contributed by atoms with Crippen molar-refractivity contribution in [3.8, 4) is 0 Å². The van der Waals surface area contributed by atoms with E-state index in [2.05, 4.69) is 32.9 Å². The van der Waals surface area contributed by atoms with Crippen LogP contribution in [-0.2, 0) is 4.74 Å². The van der Waals surface area contributed by atoms with Gasteiger partial charge >= 0.3 is 5.97 Å². The van der Waals surface area contributed by atoms with E-state index in [0.29, 0.717) is 5.76 Å². The van der Waals surface area contributed by atoms with Crippen LogP contribution in [0.4, 0.5) is 0 Å². The summed E-state index contributed by atoms with van der Waals surface area (Å²) in [6, 6.07) is 11.4. The van der Waals surface area contributed by atoms with Crippen LogP contribution in [0.25, 0.3) is 0 Å². The zero-order valence-corrected chi connectivity index (χ0v) is 13.6. The number of methoxy groups -OCH3 is 1. The van der Waals surface area contributed by atoms with Crippen molar-refractivity contribution >= 4 is 21.9 Å². The largest absolute Gasteiger partial charge is 0.463 e. The fraction of sp³-hybridized carbons (Fsp3) is 0.312. The van der Waals surface area contributed by atoms with Crippen molar-refractivity contribution in [1.82, 2.24) is 5.32 Å². The van der Waals surface area contributed by atoms with Gasteiger partial charge in [0.25, 0.3) is 0 Å². The summed E-state index contributed by atoms with van der Waals surface area (Å²) in [4.78, 5) is 11.5. The molecule has 0 saturated carbocycles. The zero-order valence-electron chi connectivity index (χ0n) is 12.1. The maximum Gasteiger partial charge on any atom is 0.373 e. The van der Waals surface area contributed by atoms with Gasteiger partial charge in [-0.3, -0.25) is 0 Å². The van der Waals surface area contributed by atoms with Crippen LogP contribution < -0.4 is 5.32 Å². The lowest BCUT2D eigenvalue weighted by Gasteiger charge is -2.17. The Hall–Kier alpha value is -1.59. The first-order chi connectivity index (χ1) is 10.2. The number of nitrogens with one attached hydrogen (secondary N) is 1. The van der Waals surface area contributed by atoms with Gasteiger partial charge in [0.1, 0.15) is 5.76 Å². The molecule has 0 spiro atoms. The van der Waals surface area contributed by atoms with Gasteiger partial charge in [-0.15, -0.1) is 0 Å². The van der Waals surface area contributed by atoms with Gasteiger partial charge in [0.05, 0.1) is 13.2 Å². The van der Waals surface area contributed by atoms with Crippen molar-refractivity contribution in [2.24, 2.45) is 0 Å². The van der Waals surface area contributed by atoms with Crippen LogP contribution in [0.1, 0.15) is 41.3 Å². The quantitative estimate of drug-likeness (QED) is 0.801. The molecule has 2 rings (SSSR count). The third-order valence-corrected chi connectivity index (χ3v) is 3.63. The topological polar surface area (TPSA) is 51.5 Å². The average Bonchev–Trinajstić information content (AvgIpc) is 2.98. The summed E-state index contributed by atoms with van der Waals surface area (Å²) in [6.07, 6.45) is 1.01. The Morgan fingerprint density at radius 3 is 2.62 bits per heavy atom. The van der Waals surface area contributed by atoms with Crippen molar-refractivity contribution in [3.05, 3.63) is 58.0 Å². The van der Waals surface area contributed by atoms with E-state index in [9.17, 15) is 4.79 Å². The molecule has 0 aliphatic rings. The second-order valence-electron chi connectivity index (χ2n) is 4.63. The Morgan fingerprint density at radius 1 is 1.29 bits per heavy atom. The number of ether oxygens (including phenoxy) is 1. The van der Waals surface area contributed by atoms with Crippen LogP contribution in [0, 0.1) is 0 Å². The zero-order chi connectivity index (χ0) is 15.2. The molecule has 0 radical (unpaired) electrons. The van der Waals surface area contributed by atoms with E-state index in [0.717, 1.165) is 23.0 Å². The molecular formula is C16H18BrNO3. The number of benzene rings is 1. The fourth-order valence-corrected chi connectivity index (χ4v) is 2.31. The van der Waals surface area contributed by atoms with Gasteiger partial charge in [-0.25, -0.2) is 4.79 Å². The minimum atomic E-state index is -0.466. The predicted molar refractivity (Wildman–Crippen MR) is 84.3 cm³/mol.